The number of pyridine rings is 1. The van der Waals surface area contributed by atoms with E-state index in [1.54, 1.807) is 13.3 Å². The first-order valence-electron chi connectivity index (χ1n) is 8.90. The minimum Gasteiger partial charge on any atom is -0.497 e. The van der Waals surface area contributed by atoms with Crippen LogP contribution in [-0.2, 0) is 11.3 Å². The number of carbonyl (C=O) groups is 1. The first-order chi connectivity index (χ1) is 13.6. The Hall–Kier alpha value is -2.99. The molecule has 3 aromatic rings. The second-order valence-corrected chi connectivity index (χ2v) is 7.49. The maximum absolute atomic E-state index is 12.4. The van der Waals surface area contributed by atoms with Crippen LogP contribution in [0.5, 0.6) is 17.4 Å². The number of methoxy groups -OCH3 is 1. The number of hydrogen-bond acceptors (Lipinski definition) is 5. The Morgan fingerprint density at radius 2 is 1.79 bits per heavy atom. The number of nitrogens with one attached hydrogen (secondary N) is 1. The van der Waals surface area contributed by atoms with Crippen molar-refractivity contribution in [3.8, 4) is 17.4 Å². The van der Waals surface area contributed by atoms with E-state index in [1.165, 1.54) is 11.8 Å². The highest BCUT2D eigenvalue weighted by atomic mass is 32.2. The van der Waals surface area contributed by atoms with Crippen LogP contribution in [-0.4, -0.2) is 23.3 Å². The first kappa shape index (κ1) is 19.8. The lowest BCUT2D eigenvalue weighted by molar-refractivity contribution is -0.120. The summed E-state index contributed by atoms with van der Waals surface area (Å²) in [4.78, 5) is 17.7. The van der Waals surface area contributed by atoms with Gasteiger partial charge in [0.15, 0.2) is 0 Å². The average molecular weight is 394 g/mol. The van der Waals surface area contributed by atoms with Crippen LogP contribution in [0.4, 0.5) is 0 Å². The van der Waals surface area contributed by atoms with E-state index in [0.717, 1.165) is 16.2 Å². The van der Waals surface area contributed by atoms with Crippen molar-refractivity contribution in [2.24, 2.45) is 0 Å². The van der Waals surface area contributed by atoms with Gasteiger partial charge >= 0.3 is 0 Å². The number of nitrogens with zero attached hydrogens (tertiary/aromatic N) is 1. The van der Waals surface area contributed by atoms with E-state index in [1.807, 2.05) is 73.7 Å². The molecule has 0 aliphatic heterocycles. The number of carbonyl (C=O) groups excluding carboxylic acids is 1. The molecule has 1 aromatic heterocycles. The van der Waals surface area contributed by atoms with Gasteiger partial charge in [0.25, 0.3) is 0 Å². The van der Waals surface area contributed by atoms with Crippen LogP contribution in [0.15, 0.2) is 77.8 Å². The summed E-state index contributed by atoms with van der Waals surface area (Å²) in [6.45, 7) is 2.32. The summed E-state index contributed by atoms with van der Waals surface area (Å²) in [5.41, 5.74) is 0.920. The fourth-order valence-corrected chi connectivity index (χ4v) is 3.38. The van der Waals surface area contributed by atoms with Gasteiger partial charge in [-0.15, -0.1) is 11.8 Å². The Balaban J connectivity index is 1.54. The molecule has 1 amide bonds. The number of rotatable bonds is 8. The molecule has 5 nitrogen and oxygen atoms in total. The molecule has 0 saturated heterocycles. The molecule has 0 saturated carbocycles. The Morgan fingerprint density at radius 1 is 1.07 bits per heavy atom. The molecule has 0 spiro atoms. The molecule has 28 heavy (non-hydrogen) atoms. The minimum atomic E-state index is -0.181. The lowest BCUT2D eigenvalue weighted by Crippen LogP contribution is -2.30. The molecular weight excluding hydrogens is 372 g/mol. The van der Waals surface area contributed by atoms with Gasteiger partial charge in [0.2, 0.25) is 11.8 Å². The van der Waals surface area contributed by atoms with Gasteiger partial charge in [-0.25, -0.2) is 4.98 Å². The molecule has 1 heterocycles. The standard InChI is InChI=1S/C22H22N2O3S/c1-16(28-20-6-4-3-5-7-20)22(25)24-15-17-12-13-23-21(14-17)27-19-10-8-18(26-2)9-11-19/h3-14,16H,15H2,1-2H3,(H,24,25). The van der Waals surface area contributed by atoms with Crippen LogP contribution in [0.25, 0.3) is 0 Å². The van der Waals surface area contributed by atoms with Crippen molar-refractivity contribution in [2.75, 3.05) is 7.11 Å². The molecule has 1 atom stereocenters. The summed E-state index contributed by atoms with van der Waals surface area (Å²) < 4.78 is 10.9. The van der Waals surface area contributed by atoms with Crippen molar-refractivity contribution in [3.05, 3.63) is 78.5 Å². The highest BCUT2D eigenvalue weighted by Gasteiger charge is 2.14. The summed E-state index contributed by atoms with van der Waals surface area (Å²) >= 11 is 1.54. The minimum absolute atomic E-state index is 0.0108. The van der Waals surface area contributed by atoms with Gasteiger partial charge in [0.1, 0.15) is 11.5 Å². The Kier molecular flexibility index (Phi) is 6.92. The number of thioether (sulfide) groups is 1. The molecule has 0 bridgehead atoms. The Labute approximate surface area is 169 Å². The van der Waals surface area contributed by atoms with Crippen LogP contribution in [0.3, 0.4) is 0 Å². The van der Waals surface area contributed by atoms with Crippen molar-refractivity contribution in [1.29, 1.82) is 0 Å². The average Bonchev–Trinajstić information content (AvgIpc) is 2.73. The van der Waals surface area contributed by atoms with Gasteiger partial charge in [0.05, 0.1) is 12.4 Å². The molecule has 0 aliphatic rings. The van der Waals surface area contributed by atoms with Crippen LogP contribution in [0.1, 0.15) is 12.5 Å². The van der Waals surface area contributed by atoms with Gasteiger partial charge in [-0.3, -0.25) is 4.79 Å². The number of benzene rings is 2. The largest absolute Gasteiger partial charge is 0.497 e. The van der Waals surface area contributed by atoms with E-state index >= 15 is 0 Å². The summed E-state index contributed by atoms with van der Waals surface area (Å²) in [6, 6.07) is 20.9. The fourth-order valence-electron chi connectivity index (χ4n) is 2.47. The van der Waals surface area contributed by atoms with Crippen LogP contribution >= 0.6 is 11.8 Å². The third-order valence-electron chi connectivity index (χ3n) is 3.97. The maximum Gasteiger partial charge on any atom is 0.233 e. The summed E-state index contributed by atoms with van der Waals surface area (Å²) in [5, 5.41) is 2.78. The van der Waals surface area contributed by atoms with E-state index in [2.05, 4.69) is 10.3 Å². The smallest absolute Gasteiger partial charge is 0.233 e. The molecular formula is C22H22N2O3S. The van der Waals surface area contributed by atoms with E-state index in [-0.39, 0.29) is 11.2 Å². The molecule has 0 aliphatic carbocycles. The summed E-state index contributed by atoms with van der Waals surface area (Å²) in [6.07, 6.45) is 1.67. The third kappa shape index (κ3) is 5.76. The molecule has 2 aromatic carbocycles. The zero-order valence-corrected chi connectivity index (χ0v) is 16.6. The number of hydrogen-bond donors (Lipinski definition) is 1. The zero-order valence-electron chi connectivity index (χ0n) is 15.8. The Bertz CT molecular complexity index is 901. The van der Waals surface area contributed by atoms with Gasteiger partial charge in [-0.2, -0.15) is 0 Å². The first-order valence-corrected chi connectivity index (χ1v) is 9.78. The van der Waals surface area contributed by atoms with Crippen LogP contribution in [0.2, 0.25) is 0 Å². The van der Waals surface area contributed by atoms with Gasteiger partial charge in [0, 0.05) is 23.7 Å². The van der Waals surface area contributed by atoms with E-state index in [9.17, 15) is 4.79 Å². The normalized spacial score (nSPS) is 11.5. The third-order valence-corrected chi connectivity index (χ3v) is 5.09. The lowest BCUT2D eigenvalue weighted by Gasteiger charge is -2.12. The van der Waals surface area contributed by atoms with Crippen LogP contribution < -0.4 is 14.8 Å². The molecule has 1 N–H and O–H groups in total. The van der Waals surface area contributed by atoms with Crippen LogP contribution in [0, 0.1) is 0 Å². The van der Waals surface area contributed by atoms with Gasteiger partial charge in [-0.05, 0) is 55.0 Å². The monoisotopic (exact) mass is 394 g/mol. The van der Waals surface area contributed by atoms with E-state index < -0.39 is 0 Å². The molecule has 0 radical (unpaired) electrons. The fraction of sp³-hybridized carbons (Fsp3) is 0.182. The highest BCUT2D eigenvalue weighted by molar-refractivity contribution is 8.00. The summed E-state index contributed by atoms with van der Waals surface area (Å²) in [5.74, 6) is 1.90. The second kappa shape index (κ2) is 9.80. The lowest BCUT2D eigenvalue weighted by atomic mass is 10.2. The SMILES string of the molecule is COc1ccc(Oc2cc(CNC(=O)C(C)Sc3ccccc3)ccn2)cc1. The van der Waals surface area contributed by atoms with Crippen molar-refractivity contribution in [2.45, 2.75) is 23.6 Å². The molecule has 0 fully saturated rings. The van der Waals surface area contributed by atoms with E-state index in [0.29, 0.717) is 18.2 Å². The van der Waals surface area contributed by atoms with Crippen molar-refractivity contribution >= 4 is 17.7 Å². The zero-order chi connectivity index (χ0) is 19.8. The number of aromatic nitrogens is 1. The quantitative estimate of drug-likeness (QED) is 0.562. The predicted molar refractivity (Wildman–Crippen MR) is 111 cm³/mol. The number of amides is 1. The highest BCUT2D eigenvalue weighted by Crippen LogP contribution is 2.24. The molecule has 3 rings (SSSR count). The van der Waals surface area contributed by atoms with E-state index in [4.69, 9.17) is 9.47 Å². The molecule has 1 unspecified atom stereocenters. The number of ether oxygens (including phenoxy) is 2. The maximum atomic E-state index is 12.4. The molecule has 6 heteroatoms. The topological polar surface area (TPSA) is 60.5 Å². The van der Waals surface area contributed by atoms with Crippen molar-refractivity contribution < 1.29 is 14.3 Å². The molecule has 144 valence electrons. The Morgan fingerprint density at radius 3 is 2.50 bits per heavy atom. The van der Waals surface area contributed by atoms with Gasteiger partial charge in [-0.1, -0.05) is 18.2 Å². The predicted octanol–water partition coefficient (Wildman–Crippen LogP) is 4.68. The van der Waals surface area contributed by atoms with Crippen molar-refractivity contribution in [3.63, 3.8) is 0 Å². The summed E-state index contributed by atoms with van der Waals surface area (Å²) in [7, 11) is 1.62. The second-order valence-electron chi connectivity index (χ2n) is 6.07. The van der Waals surface area contributed by atoms with Gasteiger partial charge < -0.3 is 14.8 Å². The van der Waals surface area contributed by atoms with Crippen molar-refractivity contribution in [1.82, 2.24) is 10.3 Å².